The summed E-state index contributed by atoms with van der Waals surface area (Å²) in [5.41, 5.74) is 6.19. The van der Waals surface area contributed by atoms with E-state index in [4.69, 9.17) is 5.73 Å². The standard InChI is InChI=1S/C11H20N4OS/c1-6-11(2,3)15(5)10-7(9(16)13-4)8(12)14-17-10/h6H2,1-5H3,(H2,12,14)(H,13,16). The molecule has 3 N–H and O–H groups in total. The van der Waals surface area contributed by atoms with Crippen molar-refractivity contribution in [3.63, 3.8) is 0 Å². The summed E-state index contributed by atoms with van der Waals surface area (Å²) in [6.07, 6.45) is 0.967. The van der Waals surface area contributed by atoms with Gasteiger partial charge in [-0.3, -0.25) is 4.79 Å². The number of nitrogens with zero attached hydrogens (tertiary/aromatic N) is 2. The van der Waals surface area contributed by atoms with Gasteiger partial charge in [-0.05, 0) is 31.8 Å². The van der Waals surface area contributed by atoms with Crippen molar-refractivity contribution in [2.24, 2.45) is 0 Å². The zero-order chi connectivity index (χ0) is 13.2. The number of nitrogen functional groups attached to an aromatic ring is 1. The Morgan fingerprint density at radius 1 is 1.59 bits per heavy atom. The van der Waals surface area contributed by atoms with Gasteiger partial charge in [0.15, 0.2) is 5.82 Å². The molecule has 1 rings (SSSR count). The molecule has 0 bridgehead atoms. The van der Waals surface area contributed by atoms with Gasteiger partial charge in [0.1, 0.15) is 10.6 Å². The summed E-state index contributed by atoms with van der Waals surface area (Å²) in [6, 6.07) is 0. The highest BCUT2D eigenvalue weighted by Gasteiger charge is 2.28. The lowest BCUT2D eigenvalue weighted by atomic mass is 10.00. The Kier molecular flexibility index (Phi) is 3.98. The lowest BCUT2D eigenvalue weighted by molar-refractivity contribution is 0.0964. The number of carbonyl (C=O) groups excluding carboxylic acids is 1. The summed E-state index contributed by atoms with van der Waals surface area (Å²) in [7, 11) is 3.55. The van der Waals surface area contributed by atoms with E-state index in [0.717, 1.165) is 11.4 Å². The minimum absolute atomic E-state index is 0.0399. The van der Waals surface area contributed by atoms with Gasteiger partial charge in [-0.25, -0.2) is 0 Å². The van der Waals surface area contributed by atoms with Crippen molar-refractivity contribution in [3.8, 4) is 0 Å². The second-order valence-corrected chi connectivity index (χ2v) is 5.30. The maximum Gasteiger partial charge on any atom is 0.257 e. The third-order valence-electron chi connectivity index (χ3n) is 3.23. The maximum absolute atomic E-state index is 11.8. The Labute approximate surface area is 106 Å². The van der Waals surface area contributed by atoms with Crippen LogP contribution in [-0.2, 0) is 0 Å². The van der Waals surface area contributed by atoms with Gasteiger partial charge < -0.3 is 16.0 Å². The fraction of sp³-hybridized carbons (Fsp3) is 0.636. The molecule has 17 heavy (non-hydrogen) atoms. The Bertz CT molecular complexity index is 414. The molecule has 0 fully saturated rings. The summed E-state index contributed by atoms with van der Waals surface area (Å²) >= 11 is 1.26. The molecule has 1 aromatic rings. The Morgan fingerprint density at radius 2 is 2.18 bits per heavy atom. The molecule has 0 aliphatic heterocycles. The van der Waals surface area contributed by atoms with Crippen LogP contribution in [0, 0.1) is 0 Å². The average Bonchev–Trinajstić information content (AvgIpc) is 2.69. The molecule has 0 atom stereocenters. The molecular weight excluding hydrogens is 236 g/mol. The normalized spacial score (nSPS) is 11.4. The van der Waals surface area contributed by atoms with Crippen molar-refractivity contribution in [3.05, 3.63) is 5.56 Å². The molecule has 0 spiro atoms. The molecule has 5 nitrogen and oxygen atoms in total. The fourth-order valence-corrected chi connectivity index (χ4v) is 2.31. The largest absolute Gasteiger partial charge is 0.382 e. The first kappa shape index (κ1) is 13.8. The van der Waals surface area contributed by atoms with Gasteiger partial charge in [-0.15, -0.1) is 0 Å². The van der Waals surface area contributed by atoms with Crippen molar-refractivity contribution < 1.29 is 4.79 Å². The van der Waals surface area contributed by atoms with E-state index in [1.54, 1.807) is 7.05 Å². The summed E-state index contributed by atoms with van der Waals surface area (Å²) in [5.74, 6) is 0.105. The highest BCUT2D eigenvalue weighted by Crippen LogP contribution is 2.34. The van der Waals surface area contributed by atoms with E-state index < -0.39 is 0 Å². The summed E-state index contributed by atoms with van der Waals surface area (Å²) in [5, 5.41) is 3.41. The maximum atomic E-state index is 11.8. The number of amides is 1. The van der Waals surface area contributed by atoms with Crippen LogP contribution in [0.15, 0.2) is 0 Å². The van der Waals surface area contributed by atoms with Gasteiger partial charge >= 0.3 is 0 Å². The van der Waals surface area contributed by atoms with Crippen LogP contribution in [0.1, 0.15) is 37.6 Å². The number of nitrogens with two attached hydrogens (primary N) is 1. The van der Waals surface area contributed by atoms with Crippen LogP contribution in [0.2, 0.25) is 0 Å². The van der Waals surface area contributed by atoms with Crippen LogP contribution < -0.4 is 16.0 Å². The third kappa shape index (κ3) is 2.52. The number of aromatic nitrogens is 1. The topological polar surface area (TPSA) is 71.2 Å². The van der Waals surface area contributed by atoms with Crippen LogP contribution in [0.3, 0.4) is 0 Å². The van der Waals surface area contributed by atoms with Crippen LogP contribution in [0.5, 0.6) is 0 Å². The first-order chi connectivity index (χ1) is 7.85. The van der Waals surface area contributed by atoms with Crippen LogP contribution in [-0.4, -0.2) is 29.9 Å². The molecule has 96 valence electrons. The number of hydrogen-bond donors (Lipinski definition) is 2. The molecule has 1 aromatic heterocycles. The Morgan fingerprint density at radius 3 is 2.65 bits per heavy atom. The minimum Gasteiger partial charge on any atom is -0.382 e. The zero-order valence-electron chi connectivity index (χ0n) is 11.0. The number of nitrogens with one attached hydrogen (secondary N) is 1. The Balaban J connectivity index is 3.19. The van der Waals surface area contributed by atoms with Crippen LogP contribution >= 0.6 is 11.5 Å². The van der Waals surface area contributed by atoms with Crippen molar-refractivity contribution >= 4 is 28.3 Å². The monoisotopic (exact) mass is 256 g/mol. The SMILES string of the molecule is CCC(C)(C)N(C)c1snc(N)c1C(=O)NC. The van der Waals surface area contributed by atoms with E-state index in [-0.39, 0.29) is 11.4 Å². The summed E-state index contributed by atoms with van der Waals surface area (Å²) in [6.45, 7) is 6.35. The van der Waals surface area contributed by atoms with Crippen molar-refractivity contribution in [1.82, 2.24) is 9.69 Å². The minimum atomic E-state index is -0.190. The van der Waals surface area contributed by atoms with Gasteiger partial charge in [0, 0.05) is 19.6 Å². The Hall–Kier alpha value is -1.30. The van der Waals surface area contributed by atoms with E-state index >= 15 is 0 Å². The highest BCUT2D eigenvalue weighted by molar-refractivity contribution is 7.11. The average molecular weight is 256 g/mol. The molecule has 0 aromatic carbocycles. The fourth-order valence-electron chi connectivity index (χ4n) is 1.37. The molecule has 0 saturated carbocycles. The lowest BCUT2D eigenvalue weighted by Crippen LogP contribution is -2.41. The smallest absolute Gasteiger partial charge is 0.257 e. The number of anilines is 2. The van der Waals surface area contributed by atoms with Gasteiger partial charge in [0.25, 0.3) is 5.91 Å². The van der Waals surface area contributed by atoms with E-state index in [0.29, 0.717) is 11.4 Å². The third-order valence-corrected chi connectivity index (χ3v) is 4.17. The van der Waals surface area contributed by atoms with E-state index in [2.05, 4.69) is 35.4 Å². The summed E-state index contributed by atoms with van der Waals surface area (Å²) < 4.78 is 4.07. The van der Waals surface area contributed by atoms with Crippen LogP contribution in [0.4, 0.5) is 10.8 Å². The number of rotatable bonds is 4. The van der Waals surface area contributed by atoms with Gasteiger partial charge in [0.2, 0.25) is 0 Å². The quantitative estimate of drug-likeness (QED) is 0.860. The second kappa shape index (κ2) is 4.91. The first-order valence-electron chi connectivity index (χ1n) is 5.56. The van der Waals surface area contributed by atoms with E-state index in [1.807, 2.05) is 7.05 Å². The number of hydrogen-bond acceptors (Lipinski definition) is 5. The molecule has 0 saturated heterocycles. The predicted octanol–water partition coefficient (Wildman–Crippen LogP) is 1.71. The molecule has 0 aliphatic carbocycles. The lowest BCUT2D eigenvalue weighted by Gasteiger charge is -2.35. The molecular formula is C11H20N4OS. The van der Waals surface area contributed by atoms with Crippen LogP contribution in [0.25, 0.3) is 0 Å². The van der Waals surface area contributed by atoms with Crippen molar-refractivity contribution in [1.29, 1.82) is 0 Å². The zero-order valence-corrected chi connectivity index (χ0v) is 11.8. The molecule has 1 amide bonds. The van der Waals surface area contributed by atoms with Gasteiger partial charge in [0.05, 0.1) is 0 Å². The molecule has 1 heterocycles. The van der Waals surface area contributed by atoms with Gasteiger partial charge in [-0.2, -0.15) is 4.37 Å². The predicted molar refractivity (Wildman–Crippen MR) is 72.7 cm³/mol. The molecule has 6 heteroatoms. The number of carbonyl (C=O) groups is 1. The molecule has 0 unspecified atom stereocenters. The second-order valence-electron chi connectivity index (χ2n) is 4.55. The van der Waals surface area contributed by atoms with Crippen molar-refractivity contribution in [2.45, 2.75) is 32.7 Å². The summed E-state index contributed by atoms with van der Waals surface area (Å²) in [4.78, 5) is 13.8. The molecule has 0 radical (unpaired) electrons. The van der Waals surface area contributed by atoms with Gasteiger partial charge in [-0.1, -0.05) is 6.92 Å². The van der Waals surface area contributed by atoms with E-state index in [1.165, 1.54) is 11.5 Å². The van der Waals surface area contributed by atoms with Crippen molar-refractivity contribution in [2.75, 3.05) is 24.7 Å². The highest BCUT2D eigenvalue weighted by atomic mass is 32.1. The van der Waals surface area contributed by atoms with E-state index in [9.17, 15) is 4.79 Å². The molecule has 0 aliphatic rings. The first-order valence-corrected chi connectivity index (χ1v) is 6.33.